The molecule has 1 unspecified atom stereocenters. The number of hydrogen-bond acceptors (Lipinski definition) is 3. The lowest BCUT2D eigenvalue weighted by Crippen LogP contribution is -2.38. The number of nitrogens with zero attached hydrogens (tertiary/aromatic N) is 2. The van der Waals surface area contributed by atoms with Crippen LogP contribution in [0.25, 0.3) is 10.9 Å². The molecule has 154 valence electrons. The van der Waals surface area contributed by atoms with Crippen LogP contribution in [0.15, 0.2) is 30.3 Å². The third kappa shape index (κ3) is 4.31. The fourth-order valence-corrected chi connectivity index (χ4v) is 4.78. The van der Waals surface area contributed by atoms with Gasteiger partial charge in [-0.1, -0.05) is 36.5 Å². The zero-order chi connectivity index (χ0) is 20.4. The normalized spacial score (nSPS) is 17.0. The van der Waals surface area contributed by atoms with Crippen molar-refractivity contribution in [3.63, 3.8) is 0 Å². The highest BCUT2D eigenvalue weighted by atomic mass is 35.5. The van der Waals surface area contributed by atoms with E-state index in [0.717, 1.165) is 77.8 Å². The molecule has 0 saturated heterocycles. The summed E-state index contributed by atoms with van der Waals surface area (Å²) in [5.41, 5.74) is 5.61. The number of pyridine rings is 1. The van der Waals surface area contributed by atoms with E-state index in [-0.39, 0.29) is 12.6 Å². The SMILES string of the molecule is CCCc1nc(CCCN2CCc3c([nH]c4ccc(Cl)cc34)C2CO)ccc1Cl. The summed E-state index contributed by atoms with van der Waals surface area (Å²) in [6.45, 7) is 4.11. The lowest BCUT2D eigenvalue weighted by molar-refractivity contribution is 0.111. The molecule has 6 heteroatoms. The third-order valence-corrected chi connectivity index (χ3v) is 6.42. The molecule has 4 rings (SSSR count). The fourth-order valence-electron chi connectivity index (χ4n) is 4.41. The molecule has 3 aromatic rings. The maximum absolute atomic E-state index is 10.1. The minimum absolute atomic E-state index is 0.00115. The molecule has 1 aliphatic heterocycles. The predicted octanol–water partition coefficient (Wildman–Crippen LogP) is 5.35. The van der Waals surface area contributed by atoms with Gasteiger partial charge in [-0.05, 0) is 68.1 Å². The Morgan fingerprint density at radius 3 is 2.86 bits per heavy atom. The van der Waals surface area contributed by atoms with Crippen LogP contribution in [0.2, 0.25) is 10.0 Å². The van der Waals surface area contributed by atoms with Crippen molar-refractivity contribution in [2.24, 2.45) is 0 Å². The van der Waals surface area contributed by atoms with Crippen molar-refractivity contribution in [3.8, 4) is 0 Å². The Labute approximate surface area is 181 Å². The second kappa shape index (κ2) is 9.05. The molecule has 1 aliphatic rings. The number of aromatic nitrogens is 2. The summed E-state index contributed by atoms with van der Waals surface area (Å²) in [6.07, 6.45) is 4.83. The van der Waals surface area contributed by atoms with Crippen molar-refractivity contribution < 1.29 is 5.11 Å². The highest BCUT2D eigenvalue weighted by Gasteiger charge is 2.29. The zero-order valence-corrected chi connectivity index (χ0v) is 18.2. The maximum atomic E-state index is 10.1. The van der Waals surface area contributed by atoms with Crippen molar-refractivity contribution in [2.45, 2.75) is 45.1 Å². The van der Waals surface area contributed by atoms with E-state index in [2.05, 4.69) is 16.8 Å². The monoisotopic (exact) mass is 431 g/mol. The Bertz CT molecular complexity index is 1000. The second-order valence-electron chi connectivity index (χ2n) is 7.78. The summed E-state index contributed by atoms with van der Waals surface area (Å²) in [5, 5.41) is 12.8. The Morgan fingerprint density at radius 2 is 2.07 bits per heavy atom. The lowest BCUT2D eigenvalue weighted by atomic mass is 9.97. The number of hydrogen-bond donors (Lipinski definition) is 2. The van der Waals surface area contributed by atoms with Crippen LogP contribution in [-0.2, 0) is 19.3 Å². The van der Waals surface area contributed by atoms with Gasteiger partial charge < -0.3 is 10.1 Å². The number of aliphatic hydroxyl groups excluding tert-OH is 1. The molecule has 0 saturated carbocycles. The van der Waals surface area contributed by atoms with Crippen molar-refractivity contribution >= 4 is 34.1 Å². The van der Waals surface area contributed by atoms with E-state index in [1.54, 1.807) is 0 Å². The van der Waals surface area contributed by atoms with E-state index in [1.165, 1.54) is 10.9 Å². The maximum Gasteiger partial charge on any atom is 0.0735 e. The van der Waals surface area contributed by atoms with Gasteiger partial charge in [0, 0.05) is 33.9 Å². The van der Waals surface area contributed by atoms with Gasteiger partial charge in [0.15, 0.2) is 0 Å². The summed E-state index contributed by atoms with van der Waals surface area (Å²) in [7, 11) is 0. The van der Waals surface area contributed by atoms with Crippen LogP contribution in [0.1, 0.15) is 48.5 Å². The number of benzene rings is 1. The first-order chi connectivity index (χ1) is 14.1. The number of fused-ring (bicyclic) bond motifs is 3. The first kappa shape index (κ1) is 20.7. The van der Waals surface area contributed by atoms with Gasteiger partial charge >= 0.3 is 0 Å². The van der Waals surface area contributed by atoms with Gasteiger partial charge in [-0.3, -0.25) is 9.88 Å². The van der Waals surface area contributed by atoms with Crippen molar-refractivity contribution in [2.75, 3.05) is 19.7 Å². The molecule has 1 atom stereocenters. The number of aliphatic hydroxyl groups is 1. The van der Waals surface area contributed by atoms with Crippen molar-refractivity contribution in [1.29, 1.82) is 0 Å². The van der Waals surface area contributed by atoms with E-state index < -0.39 is 0 Å². The molecule has 0 spiro atoms. The molecular formula is C23H27Cl2N3O. The number of H-pyrrole nitrogens is 1. The minimum atomic E-state index is -0.00115. The van der Waals surface area contributed by atoms with Crippen LogP contribution in [0.3, 0.4) is 0 Å². The highest BCUT2D eigenvalue weighted by Crippen LogP contribution is 2.35. The van der Waals surface area contributed by atoms with Gasteiger partial charge in [0.1, 0.15) is 0 Å². The molecule has 2 aromatic heterocycles. The molecular weight excluding hydrogens is 405 g/mol. The molecule has 0 aliphatic carbocycles. The van der Waals surface area contributed by atoms with Crippen molar-refractivity contribution in [1.82, 2.24) is 14.9 Å². The van der Waals surface area contributed by atoms with E-state index in [0.29, 0.717) is 0 Å². The quantitative estimate of drug-likeness (QED) is 0.530. The molecule has 2 N–H and O–H groups in total. The van der Waals surface area contributed by atoms with Crippen LogP contribution in [0.5, 0.6) is 0 Å². The molecule has 0 radical (unpaired) electrons. The van der Waals surface area contributed by atoms with Gasteiger partial charge in [0.05, 0.1) is 23.4 Å². The smallest absolute Gasteiger partial charge is 0.0735 e. The Kier molecular flexibility index (Phi) is 6.45. The first-order valence-electron chi connectivity index (χ1n) is 10.4. The Balaban J connectivity index is 1.45. The third-order valence-electron chi connectivity index (χ3n) is 5.84. The molecule has 0 bridgehead atoms. The summed E-state index contributed by atoms with van der Waals surface area (Å²) in [6, 6.07) is 9.95. The average Bonchev–Trinajstić information content (AvgIpc) is 3.08. The number of aryl methyl sites for hydroxylation is 2. The number of rotatable bonds is 7. The van der Waals surface area contributed by atoms with Gasteiger partial charge in [-0.25, -0.2) is 0 Å². The predicted molar refractivity (Wildman–Crippen MR) is 120 cm³/mol. The fraction of sp³-hybridized carbons (Fsp3) is 0.435. The van der Waals surface area contributed by atoms with Gasteiger partial charge in [0.25, 0.3) is 0 Å². The lowest BCUT2D eigenvalue weighted by Gasteiger charge is -2.34. The van der Waals surface area contributed by atoms with Crippen LogP contribution in [0, 0.1) is 0 Å². The van der Waals surface area contributed by atoms with E-state index in [9.17, 15) is 5.11 Å². The summed E-state index contributed by atoms with van der Waals surface area (Å²) >= 11 is 12.4. The highest BCUT2D eigenvalue weighted by molar-refractivity contribution is 6.31. The number of halogens is 2. The first-order valence-corrected chi connectivity index (χ1v) is 11.2. The number of aromatic amines is 1. The van der Waals surface area contributed by atoms with Gasteiger partial charge in [0.2, 0.25) is 0 Å². The standard InChI is InChI=1S/C23H27Cl2N3O/c1-2-4-21-19(25)8-7-16(26-21)5-3-11-28-12-10-17-18-13-15(24)6-9-20(18)27-23(17)22(28)14-29/h6-9,13,22,27,29H,2-5,10-12,14H2,1H3. The second-order valence-corrected chi connectivity index (χ2v) is 8.62. The van der Waals surface area contributed by atoms with Gasteiger partial charge in [-0.15, -0.1) is 0 Å². The van der Waals surface area contributed by atoms with Crippen LogP contribution in [-0.4, -0.2) is 39.7 Å². The average molecular weight is 432 g/mol. The molecule has 4 nitrogen and oxygen atoms in total. The van der Waals surface area contributed by atoms with Crippen LogP contribution in [0.4, 0.5) is 0 Å². The van der Waals surface area contributed by atoms with Crippen molar-refractivity contribution in [3.05, 3.63) is 63.0 Å². The Morgan fingerprint density at radius 1 is 1.21 bits per heavy atom. The number of nitrogens with one attached hydrogen (secondary N) is 1. The Hall–Kier alpha value is -1.59. The molecule has 0 amide bonds. The van der Waals surface area contributed by atoms with Crippen LogP contribution < -0.4 is 0 Å². The molecule has 1 aromatic carbocycles. The molecule has 29 heavy (non-hydrogen) atoms. The summed E-state index contributed by atoms with van der Waals surface area (Å²) in [4.78, 5) is 10.6. The summed E-state index contributed by atoms with van der Waals surface area (Å²) in [5.74, 6) is 0. The minimum Gasteiger partial charge on any atom is -0.394 e. The molecule has 0 fully saturated rings. The van der Waals surface area contributed by atoms with Gasteiger partial charge in [-0.2, -0.15) is 0 Å². The summed E-state index contributed by atoms with van der Waals surface area (Å²) < 4.78 is 0. The van der Waals surface area contributed by atoms with Crippen LogP contribution >= 0.6 is 23.2 Å². The molecule has 3 heterocycles. The topological polar surface area (TPSA) is 52.2 Å². The van der Waals surface area contributed by atoms with E-state index in [4.69, 9.17) is 28.2 Å². The largest absolute Gasteiger partial charge is 0.394 e. The zero-order valence-electron chi connectivity index (χ0n) is 16.7. The van der Waals surface area contributed by atoms with E-state index in [1.807, 2.05) is 30.3 Å². The van der Waals surface area contributed by atoms with E-state index >= 15 is 0 Å².